The Labute approximate surface area is 164 Å². The third-order valence-corrected chi connectivity index (χ3v) is 3.95. The number of fused-ring (bicyclic) bond motifs is 1. The molecule has 0 aromatic carbocycles. The minimum Gasteiger partial charge on any atom is -0.384 e. The summed E-state index contributed by atoms with van der Waals surface area (Å²) in [6.45, 7) is 7.77. The van der Waals surface area contributed by atoms with Crippen molar-refractivity contribution >= 4 is 35.1 Å². The molecular weight excluding hydrogens is 356 g/mol. The van der Waals surface area contributed by atoms with Crippen molar-refractivity contribution in [1.82, 2.24) is 9.97 Å². The number of rotatable bonds is 2. The van der Waals surface area contributed by atoms with Gasteiger partial charge in [-0.1, -0.05) is 31.6 Å². The highest BCUT2D eigenvalue weighted by molar-refractivity contribution is 5.99. The van der Waals surface area contributed by atoms with Gasteiger partial charge in [-0.2, -0.15) is 0 Å². The first-order chi connectivity index (χ1) is 13.1. The van der Waals surface area contributed by atoms with E-state index >= 15 is 0 Å². The number of carbonyl (C=O) groups excluding carboxylic acids is 2. The summed E-state index contributed by atoms with van der Waals surface area (Å²) in [7, 11) is 0. The third-order valence-electron chi connectivity index (χ3n) is 3.95. The number of nitrogens with zero attached hydrogens (tertiary/aromatic N) is 2. The molecule has 6 N–H and O–H groups in total. The number of nitrogens with two attached hydrogens (primary N) is 2. The highest BCUT2D eigenvalue weighted by Crippen LogP contribution is 2.36. The van der Waals surface area contributed by atoms with Gasteiger partial charge < -0.3 is 22.1 Å². The van der Waals surface area contributed by atoms with Crippen LogP contribution in [0.1, 0.15) is 39.7 Å². The Kier molecular flexibility index (Phi) is 6.35. The number of nitrogens with one attached hydrogen (secondary N) is 2. The smallest absolute Gasteiger partial charge is 0.249 e. The second-order valence-electron chi connectivity index (χ2n) is 7.40. The van der Waals surface area contributed by atoms with E-state index in [4.69, 9.17) is 11.5 Å². The van der Waals surface area contributed by atoms with Crippen molar-refractivity contribution in [3.63, 3.8) is 0 Å². The van der Waals surface area contributed by atoms with Gasteiger partial charge in [0.15, 0.2) is 0 Å². The zero-order valence-corrected chi connectivity index (χ0v) is 16.5. The van der Waals surface area contributed by atoms with Crippen LogP contribution in [0, 0.1) is 0 Å². The van der Waals surface area contributed by atoms with Crippen LogP contribution in [0.5, 0.6) is 0 Å². The Morgan fingerprint density at radius 1 is 1.14 bits per heavy atom. The predicted octanol–water partition coefficient (Wildman–Crippen LogP) is 2.85. The lowest BCUT2D eigenvalue weighted by Crippen LogP contribution is -2.33. The van der Waals surface area contributed by atoms with Gasteiger partial charge in [-0.05, 0) is 32.0 Å². The molecule has 0 spiro atoms. The number of aromatic nitrogens is 2. The molecule has 8 heteroatoms. The first kappa shape index (κ1) is 20.9. The van der Waals surface area contributed by atoms with Crippen LogP contribution in [0.25, 0.3) is 0 Å². The molecule has 0 unspecified atom stereocenters. The molecule has 1 aliphatic rings. The van der Waals surface area contributed by atoms with Gasteiger partial charge >= 0.3 is 0 Å². The van der Waals surface area contributed by atoms with Crippen molar-refractivity contribution in [3.05, 3.63) is 47.5 Å². The molecule has 2 amide bonds. The summed E-state index contributed by atoms with van der Waals surface area (Å²) in [4.78, 5) is 30.7. The van der Waals surface area contributed by atoms with Crippen LogP contribution in [-0.4, -0.2) is 21.8 Å². The molecule has 0 fully saturated rings. The average Bonchev–Trinajstić information content (AvgIpc) is 2.52. The summed E-state index contributed by atoms with van der Waals surface area (Å²) in [5, 5.41) is 5.33. The molecule has 0 aliphatic carbocycles. The van der Waals surface area contributed by atoms with Crippen LogP contribution >= 0.6 is 0 Å². The van der Waals surface area contributed by atoms with E-state index in [-0.39, 0.29) is 17.2 Å². The predicted molar refractivity (Wildman–Crippen MR) is 112 cm³/mol. The van der Waals surface area contributed by atoms with Gasteiger partial charge in [0.05, 0.1) is 0 Å². The zero-order chi connectivity index (χ0) is 20.9. The van der Waals surface area contributed by atoms with E-state index in [2.05, 4.69) is 20.6 Å². The maximum atomic E-state index is 11.4. The lowest BCUT2D eigenvalue weighted by molar-refractivity contribution is -0.117. The first-order valence-corrected chi connectivity index (χ1v) is 8.82. The summed E-state index contributed by atoms with van der Waals surface area (Å²) in [6, 6.07) is 8.78. The molecule has 28 heavy (non-hydrogen) atoms. The quantitative estimate of drug-likeness (QED) is 0.590. The number of allylic oxidation sites excluding steroid dienone is 1. The fourth-order valence-electron chi connectivity index (χ4n) is 2.73. The fraction of sp³-hybridized carbons (Fsp3) is 0.300. The Morgan fingerprint density at radius 3 is 2.46 bits per heavy atom. The SMILES string of the molecule is CC(C)=CC(=O)Nc1cccc(N)n1.CC1(C)CC(=O)Nc2nc(N)ccc21. The minimum atomic E-state index is -0.192. The Bertz CT molecular complexity index is 917. The Hall–Kier alpha value is -3.42. The van der Waals surface area contributed by atoms with Crippen molar-refractivity contribution in [2.45, 2.75) is 39.5 Å². The van der Waals surface area contributed by atoms with Crippen molar-refractivity contribution in [3.8, 4) is 0 Å². The van der Waals surface area contributed by atoms with Crippen molar-refractivity contribution in [1.29, 1.82) is 0 Å². The molecule has 0 atom stereocenters. The molecule has 1 aliphatic heterocycles. The van der Waals surface area contributed by atoms with Gasteiger partial charge in [0.2, 0.25) is 11.8 Å². The van der Waals surface area contributed by atoms with Crippen LogP contribution in [0.4, 0.5) is 23.3 Å². The van der Waals surface area contributed by atoms with Crippen molar-refractivity contribution in [2.75, 3.05) is 22.1 Å². The molecule has 0 saturated carbocycles. The maximum absolute atomic E-state index is 11.4. The highest BCUT2D eigenvalue weighted by Gasteiger charge is 2.32. The van der Waals surface area contributed by atoms with Crippen molar-refractivity contribution < 1.29 is 9.59 Å². The van der Waals surface area contributed by atoms with E-state index in [9.17, 15) is 9.59 Å². The molecule has 0 saturated heterocycles. The summed E-state index contributed by atoms with van der Waals surface area (Å²) in [5.74, 6) is 1.70. The minimum absolute atomic E-state index is 0.000556. The third kappa shape index (κ3) is 5.80. The molecule has 3 heterocycles. The first-order valence-electron chi connectivity index (χ1n) is 8.82. The number of nitrogen functional groups attached to an aromatic ring is 2. The lowest BCUT2D eigenvalue weighted by atomic mass is 9.79. The molecule has 8 nitrogen and oxygen atoms in total. The lowest BCUT2D eigenvalue weighted by Gasteiger charge is -2.31. The second kappa shape index (κ2) is 8.51. The number of anilines is 4. The van der Waals surface area contributed by atoms with Crippen LogP contribution in [0.2, 0.25) is 0 Å². The standard InChI is InChI=1S/2C10H13N3O/c1-10(2)5-8(14)13-9-6(10)3-4-7(11)12-9;1-7(2)6-10(14)13-9-5-3-4-8(11)12-9/h3-4H,5H2,1-2H3,(H3,11,12,13,14);3-6H,1-2H3,(H3,11,12,13,14). The summed E-state index contributed by atoms with van der Waals surface area (Å²) in [6.07, 6.45) is 2.00. The van der Waals surface area contributed by atoms with Crippen LogP contribution in [0.3, 0.4) is 0 Å². The average molecular weight is 382 g/mol. The maximum Gasteiger partial charge on any atom is 0.249 e. The largest absolute Gasteiger partial charge is 0.384 e. The second-order valence-corrected chi connectivity index (χ2v) is 7.40. The molecule has 2 aromatic heterocycles. The van der Waals surface area contributed by atoms with E-state index in [1.165, 1.54) is 6.08 Å². The van der Waals surface area contributed by atoms with Gasteiger partial charge in [-0.15, -0.1) is 0 Å². The summed E-state index contributed by atoms with van der Waals surface area (Å²) in [5.41, 5.74) is 12.8. The highest BCUT2D eigenvalue weighted by atomic mass is 16.2. The van der Waals surface area contributed by atoms with Crippen molar-refractivity contribution in [2.24, 2.45) is 0 Å². The Morgan fingerprint density at radius 2 is 1.82 bits per heavy atom. The molecule has 148 valence electrons. The van der Waals surface area contributed by atoms with Gasteiger partial charge in [0.1, 0.15) is 23.3 Å². The normalized spacial score (nSPS) is 13.9. The number of amides is 2. The number of pyridine rings is 2. The number of hydrogen-bond donors (Lipinski definition) is 4. The molecule has 0 radical (unpaired) electrons. The molecule has 0 bridgehead atoms. The van der Waals surface area contributed by atoms with E-state index in [1.54, 1.807) is 24.3 Å². The van der Waals surface area contributed by atoms with Crippen LogP contribution < -0.4 is 22.1 Å². The molecule has 2 aromatic rings. The van der Waals surface area contributed by atoms with Gasteiger partial charge in [-0.3, -0.25) is 9.59 Å². The summed E-state index contributed by atoms with van der Waals surface area (Å²) >= 11 is 0. The number of hydrogen-bond acceptors (Lipinski definition) is 6. The molecule has 3 rings (SSSR count). The van der Waals surface area contributed by atoms with E-state index < -0.39 is 0 Å². The summed E-state index contributed by atoms with van der Waals surface area (Å²) < 4.78 is 0. The van der Waals surface area contributed by atoms with Gasteiger partial charge in [0.25, 0.3) is 0 Å². The monoisotopic (exact) mass is 382 g/mol. The molecular formula is C20H26N6O2. The van der Waals surface area contributed by atoms with Crippen LogP contribution in [-0.2, 0) is 15.0 Å². The van der Waals surface area contributed by atoms with E-state index in [1.807, 2.05) is 33.8 Å². The van der Waals surface area contributed by atoms with E-state index in [0.717, 1.165) is 11.1 Å². The van der Waals surface area contributed by atoms with Crippen LogP contribution in [0.15, 0.2) is 42.0 Å². The number of carbonyl (C=O) groups is 2. The van der Waals surface area contributed by atoms with Gasteiger partial charge in [-0.25, -0.2) is 9.97 Å². The topological polar surface area (TPSA) is 136 Å². The van der Waals surface area contributed by atoms with Gasteiger partial charge in [0, 0.05) is 23.5 Å². The fourth-order valence-corrected chi connectivity index (χ4v) is 2.73. The van der Waals surface area contributed by atoms with E-state index in [0.29, 0.717) is 29.7 Å². The zero-order valence-electron chi connectivity index (χ0n) is 16.5. The Balaban J connectivity index is 0.000000200.